The Morgan fingerprint density at radius 3 is 2.60 bits per heavy atom. The first kappa shape index (κ1) is 15.8. The lowest BCUT2D eigenvalue weighted by Gasteiger charge is -2.38. The van der Waals surface area contributed by atoms with Crippen LogP contribution in [0.25, 0.3) is 0 Å². The lowest BCUT2D eigenvalue weighted by atomic mass is 9.80. The fourth-order valence-electron chi connectivity index (χ4n) is 3.45. The van der Waals surface area contributed by atoms with Crippen molar-refractivity contribution in [3.8, 4) is 0 Å². The van der Waals surface area contributed by atoms with Crippen LogP contribution in [-0.2, 0) is 4.79 Å². The van der Waals surface area contributed by atoms with Crippen LogP contribution in [0.1, 0.15) is 51.9 Å². The van der Waals surface area contributed by atoms with Crippen LogP contribution in [0, 0.1) is 11.3 Å². The van der Waals surface area contributed by atoms with E-state index in [1.165, 1.54) is 25.7 Å². The quantitative estimate of drug-likeness (QED) is 0.825. The van der Waals surface area contributed by atoms with Crippen molar-refractivity contribution in [3.05, 3.63) is 0 Å². The predicted octanol–water partition coefficient (Wildman–Crippen LogP) is 1.74. The Hall–Kier alpha value is -0.610. The fraction of sp³-hybridized carbons (Fsp3) is 0.938. The largest absolute Gasteiger partial charge is 0.356 e. The van der Waals surface area contributed by atoms with E-state index in [4.69, 9.17) is 5.73 Å². The van der Waals surface area contributed by atoms with Gasteiger partial charge in [0.1, 0.15) is 0 Å². The van der Waals surface area contributed by atoms with Crippen molar-refractivity contribution in [1.82, 2.24) is 10.2 Å². The van der Waals surface area contributed by atoms with Crippen molar-refractivity contribution < 1.29 is 4.79 Å². The normalized spacial score (nSPS) is 30.9. The molecule has 0 bridgehead atoms. The molecule has 0 radical (unpaired) electrons. The Morgan fingerprint density at radius 1 is 1.30 bits per heavy atom. The highest BCUT2D eigenvalue weighted by molar-refractivity contribution is 5.76. The van der Waals surface area contributed by atoms with Gasteiger partial charge in [0.25, 0.3) is 0 Å². The average molecular weight is 281 g/mol. The molecule has 3 N–H and O–H groups in total. The van der Waals surface area contributed by atoms with Crippen LogP contribution in [-0.4, -0.2) is 43.5 Å². The standard InChI is InChI=1S/C16H31N3O/c1-16(7-9-19(2)10-8-16)12-18-15(20)11-13-5-3-4-6-14(13)17/h13-14H,3-12,17H2,1-2H3,(H,18,20). The number of likely N-dealkylation sites (tertiary alicyclic amines) is 1. The van der Waals surface area contributed by atoms with Crippen LogP contribution in [0.3, 0.4) is 0 Å². The molecular formula is C16H31N3O. The second-order valence-corrected chi connectivity index (χ2v) is 7.30. The summed E-state index contributed by atoms with van der Waals surface area (Å²) >= 11 is 0. The molecule has 0 aromatic heterocycles. The topological polar surface area (TPSA) is 58.4 Å². The Bertz CT molecular complexity index is 324. The van der Waals surface area contributed by atoms with Crippen LogP contribution in [0.15, 0.2) is 0 Å². The first-order chi connectivity index (χ1) is 9.48. The maximum Gasteiger partial charge on any atom is 0.220 e. The highest BCUT2D eigenvalue weighted by Gasteiger charge is 2.30. The van der Waals surface area contributed by atoms with Gasteiger partial charge in [0.05, 0.1) is 0 Å². The van der Waals surface area contributed by atoms with Crippen molar-refractivity contribution in [2.24, 2.45) is 17.1 Å². The van der Waals surface area contributed by atoms with Gasteiger partial charge in [-0.3, -0.25) is 4.79 Å². The molecule has 2 unspecified atom stereocenters. The number of carbonyl (C=O) groups excluding carboxylic acids is 1. The molecule has 1 saturated carbocycles. The summed E-state index contributed by atoms with van der Waals surface area (Å²) < 4.78 is 0. The van der Waals surface area contributed by atoms with E-state index in [-0.39, 0.29) is 17.4 Å². The highest BCUT2D eigenvalue weighted by atomic mass is 16.1. The third-order valence-electron chi connectivity index (χ3n) is 5.32. The van der Waals surface area contributed by atoms with E-state index in [9.17, 15) is 4.79 Å². The first-order valence-electron chi connectivity index (χ1n) is 8.19. The molecule has 4 nitrogen and oxygen atoms in total. The molecule has 2 fully saturated rings. The van der Waals surface area contributed by atoms with Gasteiger partial charge in [-0.25, -0.2) is 0 Å². The number of nitrogens with one attached hydrogen (secondary N) is 1. The van der Waals surface area contributed by atoms with Gasteiger partial charge < -0.3 is 16.0 Å². The van der Waals surface area contributed by atoms with E-state index in [0.717, 1.165) is 32.5 Å². The Kier molecular flexibility index (Phi) is 5.44. The summed E-state index contributed by atoms with van der Waals surface area (Å²) in [7, 11) is 2.17. The summed E-state index contributed by atoms with van der Waals surface area (Å²) in [5.41, 5.74) is 6.40. The zero-order chi connectivity index (χ0) is 14.6. The number of piperidine rings is 1. The van der Waals surface area contributed by atoms with E-state index >= 15 is 0 Å². The second-order valence-electron chi connectivity index (χ2n) is 7.30. The average Bonchev–Trinajstić information content (AvgIpc) is 2.43. The van der Waals surface area contributed by atoms with Crippen molar-refractivity contribution in [1.29, 1.82) is 0 Å². The smallest absolute Gasteiger partial charge is 0.220 e. The third-order valence-corrected chi connectivity index (χ3v) is 5.32. The van der Waals surface area contributed by atoms with Gasteiger partial charge in [-0.15, -0.1) is 0 Å². The zero-order valence-electron chi connectivity index (χ0n) is 13.2. The number of rotatable bonds is 4. The maximum atomic E-state index is 12.1. The lowest BCUT2D eigenvalue weighted by Crippen LogP contribution is -2.44. The van der Waals surface area contributed by atoms with Crippen molar-refractivity contribution in [3.63, 3.8) is 0 Å². The lowest BCUT2D eigenvalue weighted by molar-refractivity contribution is -0.123. The number of hydrogen-bond donors (Lipinski definition) is 2. The first-order valence-corrected chi connectivity index (χ1v) is 8.19. The fourth-order valence-corrected chi connectivity index (χ4v) is 3.45. The molecule has 1 amide bonds. The minimum absolute atomic E-state index is 0.201. The Morgan fingerprint density at radius 2 is 1.95 bits per heavy atom. The molecule has 0 aromatic rings. The number of nitrogens with zero attached hydrogens (tertiary/aromatic N) is 1. The molecule has 2 rings (SSSR count). The molecule has 0 aromatic carbocycles. The van der Waals surface area contributed by atoms with Crippen LogP contribution < -0.4 is 11.1 Å². The van der Waals surface area contributed by atoms with Gasteiger partial charge in [-0.2, -0.15) is 0 Å². The van der Waals surface area contributed by atoms with Gasteiger partial charge >= 0.3 is 0 Å². The Labute approximate surface area is 123 Å². The summed E-state index contributed by atoms with van der Waals surface area (Å²) in [6.07, 6.45) is 7.63. The molecule has 116 valence electrons. The van der Waals surface area contributed by atoms with E-state index in [0.29, 0.717) is 12.3 Å². The van der Waals surface area contributed by atoms with Crippen molar-refractivity contribution >= 4 is 5.91 Å². The predicted molar refractivity (Wildman–Crippen MR) is 82.4 cm³/mol. The number of carbonyl (C=O) groups is 1. The summed E-state index contributed by atoms with van der Waals surface area (Å²) in [6.45, 7) is 5.40. The second kappa shape index (κ2) is 6.90. The van der Waals surface area contributed by atoms with Crippen LogP contribution in [0.4, 0.5) is 0 Å². The maximum absolute atomic E-state index is 12.1. The molecule has 2 atom stereocenters. The Balaban J connectivity index is 1.71. The molecule has 1 heterocycles. The van der Waals surface area contributed by atoms with Gasteiger partial charge in [-0.1, -0.05) is 19.8 Å². The SMILES string of the molecule is CN1CCC(C)(CNC(=O)CC2CCCCC2N)CC1. The molecular weight excluding hydrogens is 250 g/mol. The van der Waals surface area contributed by atoms with E-state index in [1.807, 2.05) is 0 Å². The molecule has 1 saturated heterocycles. The van der Waals surface area contributed by atoms with E-state index < -0.39 is 0 Å². The summed E-state index contributed by atoms with van der Waals surface area (Å²) in [6, 6.07) is 0.230. The summed E-state index contributed by atoms with van der Waals surface area (Å²) in [5, 5.41) is 3.16. The van der Waals surface area contributed by atoms with Crippen molar-refractivity contribution in [2.45, 2.75) is 57.9 Å². The molecule has 20 heavy (non-hydrogen) atoms. The highest BCUT2D eigenvalue weighted by Crippen LogP contribution is 2.30. The minimum atomic E-state index is 0.201. The van der Waals surface area contributed by atoms with Gasteiger partial charge in [0, 0.05) is 19.0 Å². The van der Waals surface area contributed by atoms with Crippen LogP contribution in [0.2, 0.25) is 0 Å². The number of hydrogen-bond acceptors (Lipinski definition) is 3. The minimum Gasteiger partial charge on any atom is -0.356 e. The van der Waals surface area contributed by atoms with Gasteiger partial charge in [-0.05, 0) is 57.2 Å². The van der Waals surface area contributed by atoms with Crippen LogP contribution in [0.5, 0.6) is 0 Å². The van der Waals surface area contributed by atoms with E-state index in [1.54, 1.807) is 0 Å². The molecule has 1 aliphatic heterocycles. The summed E-state index contributed by atoms with van der Waals surface area (Å²) in [5.74, 6) is 0.599. The van der Waals surface area contributed by atoms with E-state index in [2.05, 4.69) is 24.2 Å². The van der Waals surface area contributed by atoms with Crippen molar-refractivity contribution in [2.75, 3.05) is 26.7 Å². The summed E-state index contributed by atoms with van der Waals surface area (Å²) in [4.78, 5) is 14.5. The van der Waals surface area contributed by atoms with Crippen LogP contribution >= 0.6 is 0 Å². The number of amides is 1. The van der Waals surface area contributed by atoms with Gasteiger partial charge in [0.2, 0.25) is 5.91 Å². The zero-order valence-corrected chi connectivity index (χ0v) is 13.2. The molecule has 4 heteroatoms. The molecule has 0 spiro atoms. The molecule has 2 aliphatic rings. The molecule has 1 aliphatic carbocycles. The third kappa shape index (κ3) is 4.45. The number of nitrogens with two attached hydrogens (primary N) is 1. The van der Waals surface area contributed by atoms with Gasteiger partial charge in [0.15, 0.2) is 0 Å². The monoisotopic (exact) mass is 281 g/mol.